The second kappa shape index (κ2) is 6.92. The zero-order chi connectivity index (χ0) is 13.5. The maximum absolute atomic E-state index is 13.7. The Morgan fingerprint density at radius 3 is 2.89 bits per heavy atom. The Morgan fingerprint density at radius 2 is 2.05 bits per heavy atom. The molecule has 2 rings (SSSR count). The largest absolute Gasteiger partial charge is 0.464 e. The summed E-state index contributed by atoms with van der Waals surface area (Å²) in [4.78, 5) is 9.81. The summed E-state index contributed by atoms with van der Waals surface area (Å²) >= 11 is 0. The van der Waals surface area contributed by atoms with E-state index in [1.165, 1.54) is 12.5 Å². The minimum absolute atomic E-state index is 0.226. The molecular weight excluding hydrogens is 247 g/mol. The Hall–Kier alpha value is -1.84. The van der Waals surface area contributed by atoms with Gasteiger partial charge in [0, 0.05) is 5.56 Å². The highest BCUT2D eigenvalue weighted by Gasteiger charge is 2.09. The summed E-state index contributed by atoms with van der Waals surface area (Å²) in [5.74, 6) is -0.226. The van der Waals surface area contributed by atoms with E-state index in [2.05, 4.69) is 4.74 Å². The van der Waals surface area contributed by atoms with Crippen LogP contribution in [0.5, 0.6) is 0 Å². The molecule has 0 saturated carbocycles. The molecule has 1 aromatic heterocycles. The maximum Gasteiger partial charge on any atom is 0.417 e. The molecule has 0 bridgehead atoms. The van der Waals surface area contributed by atoms with Gasteiger partial charge in [0.15, 0.2) is 0 Å². The van der Waals surface area contributed by atoms with Crippen LogP contribution < -0.4 is 0 Å². The molecule has 3 nitrogen and oxygen atoms in total. The van der Waals surface area contributed by atoms with E-state index in [4.69, 9.17) is 4.42 Å². The minimum Gasteiger partial charge on any atom is -0.464 e. The van der Waals surface area contributed by atoms with Crippen LogP contribution in [0.15, 0.2) is 28.9 Å². The third kappa shape index (κ3) is 3.56. The molecule has 2 aromatic rings. The molecule has 0 N–H and O–H groups in total. The highest BCUT2D eigenvalue weighted by Crippen LogP contribution is 2.25. The van der Waals surface area contributed by atoms with E-state index in [0.29, 0.717) is 17.6 Å². The molecule has 0 saturated heterocycles. The first-order chi connectivity index (χ1) is 9.33. The highest BCUT2D eigenvalue weighted by atomic mass is 19.1. The lowest BCUT2D eigenvalue weighted by atomic mass is 10.1. The molecule has 1 radical (unpaired) electrons. The molecule has 0 spiro atoms. The fourth-order valence-electron chi connectivity index (χ4n) is 2.18. The zero-order valence-corrected chi connectivity index (χ0v) is 10.7. The molecule has 0 aliphatic heterocycles. The van der Waals surface area contributed by atoms with Crippen LogP contribution in [0.2, 0.25) is 0 Å². The Labute approximate surface area is 111 Å². The third-order valence-corrected chi connectivity index (χ3v) is 3.13. The van der Waals surface area contributed by atoms with E-state index >= 15 is 0 Å². The van der Waals surface area contributed by atoms with Gasteiger partial charge in [-0.1, -0.05) is 18.9 Å². The van der Waals surface area contributed by atoms with Gasteiger partial charge in [-0.25, -0.2) is 9.18 Å². The second-order valence-corrected chi connectivity index (χ2v) is 4.47. The quantitative estimate of drug-likeness (QED) is 0.681. The molecule has 19 heavy (non-hydrogen) atoms. The predicted octanol–water partition coefficient (Wildman–Crippen LogP) is 3.76. The van der Waals surface area contributed by atoms with Crippen molar-refractivity contribution in [1.82, 2.24) is 0 Å². The lowest BCUT2D eigenvalue weighted by Gasteiger charge is -2.00. The normalized spacial score (nSPS) is 10.8. The SMILES string of the molecule is O=[C]OCCCCCCc1coc2cccc(F)c12. The number of hydrogen-bond acceptors (Lipinski definition) is 3. The van der Waals surface area contributed by atoms with Gasteiger partial charge in [-0.2, -0.15) is 0 Å². The smallest absolute Gasteiger partial charge is 0.417 e. The lowest BCUT2D eigenvalue weighted by Crippen LogP contribution is -1.92. The number of aryl methyl sites for hydroxylation is 1. The van der Waals surface area contributed by atoms with E-state index in [-0.39, 0.29) is 5.82 Å². The van der Waals surface area contributed by atoms with Crippen LogP contribution >= 0.6 is 0 Å². The number of rotatable bonds is 8. The van der Waals surface area contributed by atoms with Crippen LogP contribution in [0.25, 0.3) is 11.0 Å². The first kappa shape index (κ1) is 13.6. The number of furan rings is 1. The number of halogens is 1. The van der Waals surface area contributed by atoms with Crippen molar-refractivity contribution in [2.24, 2.45) is 0 Å². The molecule has 1 heterocycles. The van der Waals surface area contributed by atoms with E-state index < -0.39 is 0 Å². The van der Waals surface area contributed by atoms with Crippen molar-refractivity contribution in [3.63, 3.8) is 0 Å². The van der Waals surface area contributed by atoms with E-state index in [9.17, 15) is 9.18 Å². The van der Waals surface area contributed by atoms with Crippen LogP contribution in [0.1, 0.15) is 31.2 Å². The molecule has 0 aliphatic rings. The Morgan fingerprint density at radius 1 is 1.21 bits per heavy atom. The van der Waals surface area contributed by atoms with Crippen molar-refractivity contribution in [3.8, 4) is 0 Å². The van der Waals surface area contributed by atoms with Gasteiger partial charge in [-0.05, 0) is 31.4 Å². The summed E-state index contributed by atoms with van der Waals surface area (Å²) in [5, 5.41) is 0.599. The Balaban J connectivity index is 1.80. The van der Waals surface area contributed by atoms with Gasteiger partial charge >= 0.3 is 6.47 Å². The average molecular weight is 263 g/mol. The molecule has 0 fully saturated rings. The van der Waals surface area contributed by atoms with Gasteiger partial charge < -0.3 is 9.15 Å². The van der Waals surface area contributed by atoms with Crippen LogP contribution in [0.3, 0.4) is 0 Å². The molecule has 0 atom stereocenters. The topological polar surface area (TPSA) is 39.4 Å². The molecule has 4 heteroatoms. The van der Waals surface area contributed by atoms with Crippen LogP contribution in [-0.2, 0) is 16.0 Å². The van der Waals surface area contributed by atoms with Crippen LogP contribution in [0, 0.1) is 5.82 Å². The Bertz CT molecular complexity index is 533. The summed E-state index contributed by atoms with van der Waals surface area (Å²) < 4.78 is 23.5. The van der Waals surface area contributed by atoms with Gasteiger partial charge in [0.1, 0.15) is 11.4 Å². The van der Waals surface area contributed by atoms with Crippen molar-refractivity contribution in [3.05, 3.63) is 35.8 Å². The first-order valence-corrected chi connectivity index (χ1v) is 6.46. The van der Waals surface area contributed by atoms with E-state index in [1.54, 1.807) is 18.4 Å². The monoisotopic (exact) mass is 263 g/mol. The van der Waals surface area contributed by atoms with E-state index in [0.717, 1.165) is 37.7 Å². The Kier molecular flexibility index (Phi) is 4.95. The zero-order valence-electron chi connectivity index (χ0n) is 10.7. The fraction of sp³-hybridized carbons (Fsp3) is 0.400. The van der Waals surface area contributed by atoms with Gasteiger partial charge in [-0.3, -0.25) is 0 Å². The average Bonchev–Trinajstić information content (AvgIpc) is 2.82. The van der Waals surface area contributed by atoms with Gasteiger partial charge in [0.25, 0.3) is 0 Å². The summed E-state index contributed by atoms with van der Waals surface area (Å²) in [6.45, 7) is 1.83. The molecule has 0 amide bonds. The molecule has 0 aliphatic carbocycles. The number of ether oxygens (including phenoxy) is 1. The summed E-state index contributed by atoms with van der Waals surface area (Å²) in [5.41, 5.74) is 1.52. The van der Waals surface area contributed by atoms with Crippen molar-refractivity contribution in [2.75, 3.05) is 6.61 Å². The van der Waals surface area contributed by atoms with Crippen molar-refractivity contribution >= 4 is 17.4 Å². The fourth-order valence-corrected chi connectivity index (χ4v) is 2.18. The van der Waals surface area contributed by atoms with Gasteiger partial charge in [-0.15, -0.1) is 0 Å². The molecule has 101 valence electrons. The molecule has 0 unspecified atom stereocenters. The third-order valence-electron chi connectivity index (χ3n) is 3.13. The number of unbranched alkanes of at least 4 members (excludes halogenated alkanes) is 3. The lowest BCUT2D eigenvalue weighted by molar-refractivity contribution is 0.269. The first-order valence-electron chi connectivity index (χ1n) is 6.46. The maximum atomic E-state index is 13.7. The molecular formula is C15H16FO3. The second-order valence-electron chi connectivity index (χ2n) is 4.47. The van der Waals surface area contributed by atoms with Gasteiger partial charge in [0.2, 0.25) is 0 Å². The van der Waals surface area contributed by atoms with Crippen LogP contribution in [0.4, 0.5) is 4.39 Å². The minimum atomic E-state index is -0.226. The van der Waals surface area contributed by atoms with Crippen molar-refractivity contribution in [2.45, 2.75) is 32.1 Å². The summed E-state index contributed by atoms with van der Waals surface area (Å²) in [6.07, 6.45) is 6.25. The predicted molar refractivity (Wildman–Crippen MR) is 70.0 cm³/mol. The number of fused-ring (bicyclic) bond motifs is 1. The number of hydrogen-bond donors (Lipinski definition) is 0. The standard InChI is InChI=1S/C15H16FO3/c16-13-7-5-8-14-15(13)12(10-19-14)6-3-1-2-4-9-18-11-17/h5,7-8,10H,1-4,6,9H2. The van der Waals surface area contributed by atoms with Crippen molar-refractivity contribution in [1.29, 1.82) is 0 Å². The van der Waals surface area contributed by atoms with Crippen molar-refractivity contribution < 1.29 is 18.3 Å². The van der Waals surface area contributed by atoms with E-state index in [1.807, 2.05) is 0 Å². The number of benzene rings is 1. The van der Waals surface area contributed by atoms with Gasteiger partial charge in [0.05, 0.1) is 18.3 Å². The molecule has 1 aromatic carbocycles. The summed E-state index contributed by atoms with van der Waals surface area (Å²) in [6, 6.07) is 4.87. The highest BCUT2D eigenvalue weighted by molar-refractivity contribution is 5.81. The summed E-state index contributed by atoms with van der Waals surface area (Å²) in [7, 11) is 0. The van der Waals surface area contributed by atoms with Crippen LogP contribution in [-0.4, -0.2) is 13.1 Å². The number of carbonyl (C=O) groups excluding carboxylic acids is 1.